The molecule has 0 bridgehead atoms. The maximum Gasteiger partial charge on any atom is 0.410 e. The third-order valence-corrected chi connectivity index (χ3v) is 2.63. The van der Waals surface area contributed by atoms with Crippen LogP contribution in [0.1, 0.15) is 41.5 Å². The van der Waals surface area contributed by atoms with Crippen molar-refractivity contribution in [3.63, 3.8) is 0 Å². The van der Waals surface area contributed by atoms with Gasteiger partial charge in [-0.3, -0.25) is 0 Å². The molecule has 0 saturated carbocycles. The molecule has 0 radical (unpaired) electrons. The molecule has 1 rings (SSSR count). The van der Waals surface area contributed by atoms with Crippen LogP contribution in [0.4, 0.5) is 4.39 Å². The molecule has 1 aromatic rings. The molecule has 1 aromatic carbocycles. The molecule has 0 aliphatic heterocycles. The molecule has 0 aromatic heterocycles. The van der Waals surface area contributed by atoms with Crippen LogP contribution in [0, 0.1) is 5.82 Å². The van der Waals surface area contributed by atoms with Gasteiger partial charge in [0.25, 0.3) is 0 Å². The van der Waals surface area contributed by atoms with Gasteiger partial charge in [-0.15, -0.1) is 5.46 Å². The highest BCUT2D eigenvalue weighted by atomic mass is 19.1. The van der Waals surface area contributed by atoms with Crippen LogP contribution in [0.25, 0.3) is 0 Å². The molecule has 0 aliphatic rings. The van der Waals surface area contributed by atoms with E-state index >= 15 is 0 Å². The van der Waals surface area contributed by atoms with Gasteiger partial charge in [0.15, 0.2) is 0 Å². The predicted molar refractivity (Wildman–Crippen MR) is 80.5 cm³/mol. The number of hydrogen-bond acceptors (Lipinski definition) is 3. The molecular weight excluding hydrogens is 258 g/mol. The van der Waals surface area contributed by atoms with Crippen molar-refractivity contribution in [2.75, 3.05) is 0 Å². The van der Waals surface area contributed by atoms with Gasteiger partial charge in [0, 0.05) is 18.3 Å². The average molecular weight is 283 g/mol. The minimum absolute atomic E-state index is 0.0717. The lowest BCUT2D eigenvalue weighted by molar-refractivity contribution is 0.0153. The van der Waals surface area contributed by atoms with Crippen molar-refractivity contribution in [2.45, 2.75) is 59.9 Å². The number of benzene rings is 1. The first kappa shape index (κ1) is 17.1. The Hall–Kier alpha value is -0.905. The molecule has 0 amide bonds. The van der Waals surface area contributed by atoms with E-state index in [0.29, 0.717) is 5.46 Å². The van der Waals surface area contributed by atoms with E-state index in [1.54, 1.807) is 12.1 Å². The van der Waals surface area contributed by atoms with Crippen molar-refractivity contribution in [1.29, 1.82) is 0 Å². The van der Waals surface area contributed by atoms with Gasteiger partial charge in [-0.05, 0) is 53.7 Å². The van der Waals surface area contributed by atoms with Crippen molar-refractivity contribution < 1.29 is 18.4 Å². The lowest BCUT2D eigenvalue weighted by atomic mass is 9.68. The molecule has 5 heteroatoms. The predicted octanol–water partition coefficient (Wildman–Crippen LogP) is 3.25. The number of halogens is 1. The Morgan fingerprint density at radius 3 is 1.40 bits per heavy atom. The Balaban J connectivity index is 3.22. The summed E-state index contributed by atoms with van der Waals surface area (Å²) in [5.41, 5.74) is 0.711. The molecule has 0 spiro atoms. The van der Waals surface area contributed by atoms with Crippen LogP contribution in [0.2, 0.25) is 0 Å². The zero-order valence-corrected chi connectivity index (χ0v) is 13.2. The molecule has 3 nitrogen and oxygen atoms in total. The highest BCUT2D eigenvalue weighted by Crippen LogP contribution is 2.18. The van der Waals surface area contributed by atoms with Crippen molar-refractivity contribution >= 4 is 12.2 Å². The van der Waals surface area contributed by atoms with Gasteiger partial charge >= 0.3 is 6.75 Å². The first-order valence-electron chi connectivity index (χ1n) is 7.18. The van der Waals surface area contributed by atoms with E-state index in [9.17, 15) is 4.39 Å². The summed E-state index contributed by atoms with van der Waals surface area (Å²) in [6.07, 6.45) is -0.215. The fourth-order valence-corrected chi connectivity index (χ4v) is 2.11. The minimum atomic E-state index is -2.10. The van der Waals surface area contributed by atoms with Crippen LogP contribution in [0.15, 0.2) is 24.3 Å². The average Bonchev–Trinajstić information content (AvgIpc) is 2.26. The van der Waals surface area contributed by atoms with Gasteiger partial charge in [-0.2, -0.15) is 0 Å². The topological polar surface area (TPSA) is 27.7 Å². The van der Waals surface area contributed by atoms with E-state index in [0.717, 1.165) is 0 Å². The Morgan fingerprint density at radius 2 is 1.10 bits per heavy atom. The molecule has 0 atom stereocenters. The Labute approximate surface area is 121 Å². The quantitative estimate of drug-likeness (QED) is 0.719. The fraction of sp³-hybridized carbons (Fsp3) is 0.600. The number of rotatable bonds is 7. The van der Waals surface area contributed by atoms with Crippen molar-refractivity contribution in [1.82, 2.24) is 0 Å². The third-order valence-electron chi connectivity index (χ3n) is 2.63. The van der Waals surface area contributed by atoms with Gasteiger partial charge in [-0.25, -0.2) is 4.39 Å². The second-order valence-electron chi connectivity index (χ2n) is 5.75. The minimum Gasteiger partial charge on any atom is -0.539 e. The molecule has 114 valence electrons. The van der Waals surface area contributed by atoms with E-state index in [1.807, 2.05) is 41.5 Å². The maximum atomic E-state index is 13.1. The Morgan fingerprint density at radius 1 is 0.750 bits per heavy atom. The smallest absolute Gasteiger partial charge is 0.410 e. The van der Waals surface area contributed by atoms with E-state index in [1.165, 1.54) is 12.1 Å². The molecule has 0 fully saturated rings. The lowest BCUT2D eigenvalue weighted by Gasteiger charge is -2.46. The van der Waals surface area contributed by atoms with E-state index in [4.69, 9.17) is 14.0 Å². The van der Waals surface area contributed by atoms with Crippen LogP contribution in [0.5, 0.6) is 0 Å². The van der Waals surface area contributed by atoms with Gasteiger partial charge in [0.05, 0.1) is 0 Å². The Bertz CT molecular complexity index is 378. The second-order valence-corrected chi connectivity index (χ2v) is 5.75. The van der Waals surface area contributed by atoms with E-state index in [2.05, 4.69) is 0 Å². The standard InChI is InChI=1S/C15H25BFO3/c1-11(2)18-16(19-12(3)4,20-13(5)6)14-7-9-15(17)10-8-14/h7-13H,1-6H3/q-1. The maximum absolute atomic E-state index is 13.1. The summed E-state index contributed by atoms with van der Waals surface area (Å²) in [7, 11) is 0. The fourth-order valence-electron chi connectivity index (χ4n) is 2.11. The van der Waals surface area contributed by atoms with E-state index in [-0.39, 0.29) is 24.1 Å². The summed E-state index contributed by atoms with van der Waals surface area (Å²) in [4.78, 5) is 0. The molecule has 0 unspecified atom stereocenters. The van der Waals surface area contributed by atoms with Crippen LogP contribution < -0.4 is 5.46 Å². The first-order valence-corrected chi connectivity index (χ1v) is 7.18. The van der Waals surface area contributed by atoms with Crippen LogP contribution >= 0.6 is 0 Å². The van der Waals surface area contributed by atoms with Crippen LogP contribution in [-0.4, -0.2) is 25.1 Å². The highest BCUT2D eigenvalue weighted by molar-refractivity contribution is 6.75. The monoisotopic (exact) mass is 283 g/mol. The Kier molecular flexibility index (Phi) is 6.18. The van der Waals surface area contributed by atoms with E-state index < -0.39 is 6.75 Å². The van der Waals surface area contributed by atoms with Crippen molar-refractivity contribution in [2.24, 2.45) is 0 Å². The molecule has 0 saturated heterocycles. The van der Waals surface area contributed by atoms with Gasteiger partial charge in [0.1, 0.15) is 5.82 Å². The van der Waals surface area contributed by atoms with Crippen LogP contribution in [0.3, 0.4) is 0 Å². The van der Waals surface area contributed by atoms with Crippen molar-refractivity contribution in [3.05, 3.63) is 30.1 Å². The summed E-state index contributed by atoms with van der Waals surface area (Å²) >= 11 is 0. The zero-order chi connectivity index (χ0) is 15.3. The van der Waals surface area contributed by atoms with Crippen molar-refractivity contribution in [3.8, 4) is 0 Å². The first-order chi connectivity index (χ1) is 9.25. The number of hydrogen-bond donors (Lipinski definition) is 0. The largest absolute Gasteiger partial charge is 0.539 e. The molecule has 20 heavy (non-hydrogen) atoms. The van der Waals surface area contributed by atoms with Gasteiger partial charge < -0.3 is 14.0 Å². The summed E-state index contributed by atoms with van der Waals surface area (Å²) in [6, 6.07) is 6.09. The molecule has 0 N–H and O–H groups in total. The summed E-state index contributed by atoms with van der Waals surface area (Å²) in [6.45, 7) is 9.45. The lowest BCUT2D eigenvalue weighted by Crippen LogP contribution is -2.60. The van der Waals surface area contributed by atoms with Gasteiger partial charge in [-0.1, -0.05) is 12.1 Å². The van der Waals surface area contributed by atoms with Gasteiger partial charge in [0.2, 0.25) is 0 Å². The SMILES string of the molecule is CC(C)O[B-](OC(C)C)(OC(C)C)c1ccc(F)cc1. The molecule has 0 heterocycles. The third kappa shape index (κ3) is 4.89. The summed E-state index contributed by atoms with van der Waals surface area (Å²) in [5, 5.41) is 0. The molecule has 0 aliphatic carbocycles. The normalized spacial score (nSPS) is 12.7. The summed E-state index contributed by atoms with van der Waals surface area (Å²) < 4.78 is 31.1. The summed E-state index contributed by atoms with van der Waals surface area (Å²) in [5.74, 6) is -0.294. The second kappa shape index (κ2) is 7.20. The van der Waals surface area contributed by atoms with Crippen LogP contribution in [-0.2, 0) is 14.0 Å². The highest BCUT2D eigenvalue weighted by Gasteiger charge is 2.34. The molecular formula is C15H25BFO3-. The zero-order valence-electron chi connectivity index (χ0n) is 13.2.